The fourth-order valence-electron chi connectivity index (χ4n) is 3.69. The van der Waals surface area contributed by atoms with E-state index in [1.807, 2.05) is 18.2 Å². The molecular weight excluding hydrogens is 374 g/mol. The van der Waals surface area contributed by atoms with Crippen LogP contribution >= 0.6 is 11.6 Å². The van der Waals surface area contributed by atoms with Crippen LogP contribution in [-0.2, 0) is 19.5 Å². The van der Waals surface area contributed by atoms with Gasteiger partial charge < -0.3 is 4.98 Å². The summed E-state index contributed by atoms with van der Waals surface area (Å²) in [6.45, 7) is 2.49. The zero-order chi connectivity index (χ0) is 19.1. The minimum absolute atomic E-state index is 0.252. The molecule has 7 heteroatoms. The van der Waals surface area contributed by atoms with E-state index >= 15 is 0 Å². The van der Waals surface area contributed by atoms with Gasteiger partial charge in [-0.3, -0.25) is 4.90 Å². The van der Waals surface area contributed by atoms with Crippen LogP contribution in [0.3, 0.4) is 0 Å². The zero-order valence-electron chi connectivity index (χ0n) is 15.1. The summed E-state index contributed by atoms with van der Waals surface area (Å²) in [7, 11) is 0. The summed E-state index contributed by atoms with van der Waals surface area (Å²) in [6.07, 6.45) is 0.789. The molecule has 5 rings (SSSR count). The lowest BCUT2D eigenvalue weighted by molar-refractivity contribution is 0.243. The van der Waals surface area contributed by atoms with Crippen molar-refractivity contribution in [3.05, 3.63) is 86.9 Å². The predicted octanol–water partition coefficient (Wildman–Crippen LogP) is 3.30. The molecule has 0 bridgehead atoms. The van der Waals surface area contributed by atoms with Crippen LogP contribution in [0.5, 0.6) is 0 Å². The molecule has 4 aromatic rings. The number of nitrogens with one attached hydrogen (secondary N) is 1. The molecule has 2 aromatic carbocycles. The van der Waals surface area contributed by atoms with Crippen molar-refractivity contribution >= 4 is 17.2 Å². The molecular formula is C21H18ClN5O. The molecule has 1 aliphatic heterocycles. The Morgan fingerprint density at radius 2 is 1.86 bits per heavy atom. The van der Waals surface area contributed by atoms with E-state index in [-0.39, 0.29) is 5.69 Å². The number of halogens is 1. The summed E-state index contributed by atoms with van der Waals surface area (Å²) in [6, 6.07) is 17.7. The van der Waals surface area contributed by atoms with E-state index in [0.717, 1.165) is 42.9 Å². The number of nitrogens with zero attached hydrogens (tertiary/aromatic N) is 4. The molecule has 0 radical (unpaired) electrons. The predicted molar refractivity (Wildman–Crippen MR) is 108 cm³/mol. The second-order valence-corrected chi connectivity index (χ2v) is 7.45. The van der Waals surface area contributed by atoms with Gasteiger partial charge in [-0.05, 0) is 29.8 Å². The third kappa shape index (κ3) is 3.10. The summed E-state index contributed by atoms with van der Waals surface area (Å²) in [5.74, 6) is 0.524. The molecule has 1 aliphatic rings. The number of aromatic amines is 1. The molecule has 0 saturated carbocycles. The molecule has 0 atom stereocenters. The Morgan fingerprint density at radius 1 is 1.07 bits per heavy atom. The minimum atomic E-state index is -0.252. The molecule has 140 valence electrons. The Labute approximate surface area is 166 Å². The molecule has 0 amide bonds. The molecule has 2 aromatic heterocycles. The highest BCUT2D eigenvalue weighted by Crippen LogP contribution is 2.24. The van der Waals surface area contributed by atoms with Crippen molar-refractivity contribution in [2.75, 3.05) is 6.54 Å². The average Bonchev–Trinajstić information content (AvgIpc) is 3.16. The molecule has 3 heterocycles. The third-order valence-electron chi connectivity index (χ3n) is 5.10. The lowest BCUT2D eigenvalue weighted by Gasteiger charge is -2.28. The Kier molecular flexibility index (Phi) is 4.22. The maximum absolute atomic E-state index is 12.5. The summed E-state index contributed by atoms with van der Waals surface area (Å²) >= 11 is 5.97. The monoisotopic (exact) mass is 391 g/mol. The minimum Gasteiger partial charge on any atom is -0.309 e. The van der Waals surface area contributed by atoms with E-state index in [1.165, 1.54) is 10.1 Å². The number of rotatable bonds is 3. The van der Waals surface area contributed by atoms with Crippen LogP contribution in [0.4, 0.5) is 0 Å². The van der Waals surface area contributed by atoms with Gasteiger partial charge in [0.25, 0.3) is 0 Å². The topological polar surface area (TPSA) is 66.3 Å². The normalized spacial score (nSPS) is 14.3. The van der Waals surface area contributed by atoms with Crippen LogP contribution in [0.1, 0.15) is 16.8 Å². The fourth-order valence-corrected chi connectivity index (χ4v) is 3.82. The van der Waals surface area contributed by atoms with Gasteiger partial charge in [0.15, 0.2) is 11.5 Å². The highest BCUT2D eigenvalue weighted by molar-refractivity contribution is 6.30. The largest absolute Gasteiger partial charge is 0.348 e. The molecule has 6 nitrogen and oxygen atoms in total. The number of benzene rings is 2. The van der Waals surface area contributed by atoms with Crippen LogP contribution in [0.2, 0.25) is 5.02 Å². The lowest BCUT2D eigenvalue weighted by Crippen LogP contribution is -2.34. The highest BCUT2D eigenvalue weighted by atomic mass is 35.5. The Bertz CT molecular complexity index is 1200. The maximum Gasteiger partial charge on any atom is 0.348 e. The first-order valence-corrected chi connectivity index (χ1v) is 9.58. The summed E-state index contributed by atoms with van der Waals surface area (Å²) in [5, 5.41) is 5.08. The van der Waals surface area contributed by atoms with Gasteiger partial charge in [0.05, 0.1) is 0 Å². The smallest absolute Gasteiger partial charge is 0.309 e. The van der Waals surface area contributed by atoms with Crippen molar-refractivity contribution < 1.29 is 0 Å². The first kappa shape index (κ1) is 17.2. The Morgan fingerprint density at radius 3 is 2.64 bits per heavy atom. The molecule has 0 saturated heterocycles. The van der Waals surface area contributed by atoms with E-state index in [9.17, 15) is 4.79 Å². The van der Waals surface area contributed by atoms with Crippen molar-refractivity contribution in [3.8, 4) is 11.4 Å². The number of fused-ring (bicyclic) bond motifs is 3. The number of H-pyrrole nitrogens is 1. The van der Waals surface area contributed by atoms with Crippen molar-refractivity contribution in [2.45, 2.75) is 19.5 Å². The number of aromatic nitrogens is 4. The summed E-state index contributed by atoms with van der Waals surface area (Å²) in [4.78, 5) is 22.5. The van der Waals surface area contributed by atoms with E-state index < -0.39 is 0 Å². The van der Waals surface area contributed by atoms with Crippen molar-refractivity contribution in [3.63, 3.8) is 0 Å². The van der Waals surface area contributed by atoms with Crippen LogP contribution < -0.4 is 5.69 Å². The molecule has 28 heavy (non-hydrogen) atoms. The van der Waals surface area contributed by atoms with E-state index in [1.54, 1.807) is 12.1 Å². The SMILES string of the molecule is O=c1[nH]c2c(c3nc(-c4ccc(Cl)cc4)nn13)CN(Cc1ccccc1)CC2. The molecule has 0 aliphatic carbocycles. The van der Waals surface area contributed by atoms with E-state index in [4.69, 9.17) is 16.6 Å². The standard InChI is InChI=1S/C21H18ClN5O/c22-16-8-6-15(7-9-16)19-24-20-17-13-26(12-14-4-2-1-3-5-14)11-10-18(17)23-21(28)27(20)25-19/h1-9H,10-13H2,(H,23,28). The van der Waals surface area contributed by atoms with Gasteiger partial charge in [-0.1, -0.05) is 41.9 Å². The quantitative estimate of drug-likeness (QED) is 0.582. The Balaban J connectivity index is 1.54. The maximum atomic E-state index is 12.5. The van der Waals surface area contributed by atoms with Gasteiger partial charge in [0.1, 0.15) is 0 Å². The van der Waals surface area contributed by atoms with Crippen LogP contribution in [0, 0.1) is 0 Å². The zero-order valence-corrected chi connectivity index (χ0v) is 15.9. The third-order valence-corrected chi connectivity index (χ3v) is 5.35. The molecule has 0 unspecified atom stereocenters. The first-order chi connectivity index (χ1) is 13.7. The van der Waals surface area contributed by atoms with Gasteiger partial charge in [0.2, 0.25) is 0 Å². The number of hydrogen-bond donors (Lipinski definition) is 1. The average molecular weight is 392 g/mol. The summed E-state index contributed by atoms with van der Waals surface area (Å²) in [5.41, 5.74) is 4.47. The van der Waals surface area contributed by atoms with Crippen molar-refractivity contribution in [1.29, 1.82) is 0 Å². The molecule has 0 fully saturated rings. The highest BCUT2D eigenvalue weighted by Gasteiger charge is 2.23. The number of hydrogen-bond acceptors (Lipinski definition) is 4. The van der Waals surface area contributed by atoms with Crippen LogP contribution in [0.15, 0.2) is 59.4 Å². The van der Waals surface area contributed by atoms with Crippen LogP contribution in [-0.4, -0.2) is 31.0 Å². The van der Waals surface area contributed by atoms with Gasteiger partial charge in [-0.15, -0.1) is 5.10 Å². The van der Waals surface area contributed by atoms with Gasteiger partial charge in [0, 0.05) is 47.9 Å². The van der Waals surface area contributed by atoms with Gasteiger partial charge >= 0.3 is 5.69 Å². The summed E-state index contributed by atoms with van der Waals surface area (Å²) < 4.78 is 1.37. The van der Waals surface area contributed by atoms with E-state index in [2.05, 4.69) is 39.2 Å². The van der Waals surface area contributed by atoms with E-state index in [0.29, 0.717) is 16.5 Å². The second kappa shape index (κ2) is 6.89. The molecule has 1 N–H and O–H groups in total. The van der Waals surface area contributed by atoms with Gasteiger partial charge in [-0.2, -0.15) is 4.52 Å². The Hall–Kier alpha value is -2.96. The second-order valence-electron chi connectivity index (χ2n) is 7.01. The first-order valence-electron chi connectivity index (χ1n) is 9.20. The fraction of sp³-hybridized carbons (Fsp3) is 0.190. The van der Waals surface area contributed by atoms with Crippen LogP contribution in [0.25, 0.3) is 17.0 Å². The van der Waals surface area contributed by atoms with Crippen molar-refractivity contribution in [1.82, 2.24) is 24.5 Å². The lowest BCUT2D eigenvalue weighted by atomic mass is 10.1. The molecule has 0 spiro atoms. The van der Waals surface area contributed by atoms with Crippen molar-refractivity contribution in [2.24, 2.45) is 0 Å². The van der Waals surface area contributed by atoms with Gasteiger partial charge in [-0.25, -0.2) is 9.78 Å².